The van der Waals surface area contributed by atoms with Crippen LogP contribution in [0, 0.1) is 0 Å². The quantitative estimate of drug-likeness (QED) is 0.566. The zero-order chi connectivity index (χ0) is 15.7. The zero-order valence-electron chi connectivity index (χ0n) is 12.1. The van der Waals surface area contributed by atoms with E-state index in [2.05, 4.69) is 15.0 Å². The van der Waals surface area contributed by atoms with Crippen molar-refractivity contribution >= 4 is 22.8 Å². The maximum Gasteiger partial charge on any atom is 0.341 e. The van der Waals surface area contributed by atoms with Crippen LogP contribution in [0.3, 0.4) is 0 Å². The van der Waals surface area contributed by atoms with Crippen LogP contribution in [0.2, 0.25) is 0 Å². The molecule has 0 aliphatic rings. The average Bonchev–Trinajstić information content (AvgIpc) is 3.01. The van der Waals surface area contributed by atoms with Gasteiger partial charge in [0.2, 0.25) is 0 Å². The average molecular weight is 298 g/mol. The van der Waals surface area contributed by atoms with Gasteiger partial charge in [0.15, 0.2) is 5.65 Å². The lowest BCUT2D eigenvalue weighted by molar-refractivity contribution is 0.0597. The van der Waals surface area contributed by atoms with Gasteiger partial charge in [0, 0.05) is 17.3 Å². The van der Waals surface area contributed by atoms with Gasteiger partial charge in [-0.25, -0.2) is 14.8 Å². The number of nitrogens with zero attached hydrogens (tertiary/aromatic N) is 2. The molecule has 3 aromatic rings. The van der Waals surface area contributed by atoms with Gasteiger partial charge >= 0.3 is 5.97 Å². The van der Waals surface area contributed by atoms with Gasteiger partial charge in [0.1, 0.15) is 11.3 Å². The summed E-state index contributed by atoms with van der Waals surface area (Å²) >= 11 is 0. The number of hydrogen-bond donors (Lipinski definition) is 2. The molecule has 22 heavy (non-hydrogen) atoms. The van der Waals surface area contributed by atoms with Gasteiger partial charge in [-0.05, 0) is 18.2 Å². The number of pyridine rings is 1. The Morgan fingerprint density at radius 3 is 2.82 bits per heavy atom. The summed E-state index contributed by atoms with van der Waals surface area (Å²) in [7, 11) is 2.78. The van der Waals surface area contributed by atoms with Gasteiger partial charge < -0.3 is 20.2 Å². The molecule has 2 heterocycles. The zero-order valence-corrected chi connectivity index (χ0v) is 12.1. The molecule has 7 nitrogen and oxygen atoms in total. The molecule has 3 rings (SSSR count). The van der Waals surface area contributed by atoms with E-state index in [-0.39, 0.29) is 5.56 Å². The first-order valence-corrected chi connectivity index (χ1v) is 6.50. The number of ether oxygens (including phenoxy) is 2. The van der Waals surface area contributed by atoms with E-state index in [9.17, 15) is 4.79 Å². The minimum Gasteiger partial charge on any atom is -0.496 e. The third-order valence-corrected chi connectivity index (χ3v) is 3.33. The second-order valence-electron chi connectivity index (χ2n) is 4.60. The van der Waals surface area contributed by atoms with E-state index in [0.717, 1.165) is 5.52 Å². The van der Waals surface area contributed by atoms with Crippen LogP contribution in [0.4, 0.5) is 5.69 Å². The third-order valence-electron chi connectivity index (χ3n) is 3.33. The lowest BCUT2D eigenvalue weighted by Crippen LogP contribution is -2.06. The van der Waals surface area contributed by atoms with Crippen molar-refractivity contribution in [1.82, 2.24) is 15.0 Å². The molecule has 0 saturated carbocycles. The Kier molecular flexibility index (Phi) is 3.38. The van der Waals surface area contributed by atoms with E-state index in [1.54, 1.807) is 24.5 Å². The minimum atomic E-state index is -0.501. The Balaban J connectivity index is 2.18. The predicted molar refractivity (Wildman–Crippen MR) is 81.6 cm³/mol. The van der Waals surface area contributed by atoms with Crippen molar-refractivity contribution in [1.29, 1.82) is 0 Å². The molecular weight excluding hydrogens is 284 g/mol. The number of carbonyl (C=O) groups is 1. The van der Waals surface area contributed by atoms with Crippen molar-refractivity contribution in [2.75, 3.05) is 20.0 Å². The number of carbonyl (C=O) groups excluding carboxylic acids is 1. The summed E-state index contributed by atoms with van der Waals surface area (Å²) in [5.74, 6) is -0.145. The SMILES string of the molecule is COC(=O)c1cc(-c2ccc3[nH]cnc3n2)c(N)cc1OC. The predicted octanol–water partition coefficient (Wildman–Crippen LogP) is 2.00. The van der Waals surface area contributed by atoms with Crippen LogP contribution in [-0.4, -0.2) is 35.1 Å². The van der Waals surface area contributed by atoms with Gasteiger partial charge in [-0.2, -0.15) is 0 Å². The van der Waals surface area contributed by atoms with Crippen LogP contribution in [0.1, 0.15) is 10.4 Å². The van der Waals surface area contributed by atoms with Crippen molar-refractivity contribution in [2.24, 2.45) is 0 Å². The molecule has 0 spiro atoms. The summed E-state index contributed by atoms with van der Waals surface area (Å²) in [5.41, 5.74) is 9.43. The number of methoxy groups -OCH3 is 2. The maximum atomic E-state index is 11.9. The second-order valence-corrected chi connectivity index (χ2v) is 4.60. The molecule has 112 valence electrons. The lowest BCUT2D eigenvalue weighted by atomic mass is 10.0. The van der Waals surface area contributed by atoms with Gasteiger partial charge in [0.05, 0.1) is 31.8 Å². The maximum absolute atomic E-state index is 11.9. The number of benzene rings is 1. The molecule has 0 radical (unpaired) electrons. The number of fused-ring (bicyclic) bond motifs is 1. The number of rotatable bonds is 3. The van der Waals surface area contributed by atoms with Crippen LogP contribution in [0.5, 0.6) is 5.75 Å². The van der Waals surface area contributed by atoms with Gasteiger partial charge in [-0.1, -0.05) is 0 Å². The fourth-order valence-electron chi connectivity index (χ4n) is 2.23. The number of H-pyrrole nitrogens is 1. The molecule has 3 N–H and O–H groups in total. The van der Waals surface area contributed by atoms with Crippen molar-refractivity contribution in [2.45, 2.75) is 0 Å². The van der Waals surface area contributed by atoms with Crippen LogP contribution in [0.15, 0.2) is 30.6 Å². The standard InChI is InChI=1S/C15H14N4O3/c1-21-13-6-10(16)8(5-9(13)15(20)22-2)11-3-4-12-14(19-11)18-7-17-12/h3-7H,16H2,1-2H3,(H,17,18,19). The fraction of sp³-hybridized carbons (Fsp3) is 0.133. The molecule has 1 aromatic carbocycles. The number of nitrogens with two attached hydrogens (primary N) is 1. The normalized spacial score (nSPS) is 10.6. The summed E-state index contributed by atoms with van der Waals surface area (Å²) in [6, 6.07) is 6.85. The smallest absolute Gasteiger partial charge is 0.341 e. The first kappa shape index (κ1) is 13.9. The van der Waals surface area contributed by atoms with E-state index in [1.165, 1.54) is 14.2 Å². The van der Waals surface area contributed by atoms with Crippen LogP contribution < -0.4 is 10.5 Å². The summed E-state index contributed by atoms with van der Waals surface area (Å²) in [6.45, 7) is 0. The Hall–Kier alpha value is -3.09. The largest absolute Gasteiger partial charge is 0.496 e. The highest BCUT2D eigenvalue weighted by Gasteiger charge is 2.17. The second kappa shape index (κ2) is 5.36. The van der Waals surface area contributed by atoms with E-state index >= 15 is 0 Å². The van der Waals surface area contributed by atoms with Crippen LogP contribution in [0.25, 0.3) is 22.4 Å². The summed E-state index contributed by atoms with van der Waals surface area (Å²) in [5, 5.41) is 0. The number of aromatic nitrogens is 3. The third kappa shape index (κ3) is 2.22. The van der Waals surface area contributed by atoms with E-state index in [4.69, 9.17) is 15.2 Å². The number of nitrogen functional groups attached to an aromatic ring is 1. The van der Waals surface area contributed by atoms with Crippen molar-refractivity contribution in [3.63, 3.8) is 0 Å². The topological polar surface area (TPSA) is 103 Å². The molecule has 0 bridgehead atoms. The molecule has 7 heteroatoms. The van der Waals surface area contributed by atoms with E-state index in [0.29, 0.717) is 28.3 Å². The van der Waals surface area contributed by atoms with Crippen molar-refractivity contribution < 1.29 is 14.3 Å². The Labute approximate surface area is 126 Å². The molecule has 0 aliphatic carbocycles. The number of hydrogen-bond acceptors (Lipinski definition) is 6. The van der Waals surface area contributed by atoms with Crippen molar-refractivity contribution in [3.05, 3.63) is 36.2 Å². The lowest BCUT2D eigenvalue weighted by Gasteiger charge is -2.12. The molecule has 0 amide bonds. The number of anilines is 1. The number of imidazole rings is 1. The first-order valence-electron chi connectivity index (χ1n) is 6.50. The van der Waals surface area contributed by atoms with Crippen molar-refractivity contribution in [3.8, 4) is 17.0 Å². The Morgan fingerprint density at radius 1 is 1.27 bits per heavy atom. The van der Waals surface area contributed by atoms with Gasteiger partial charge in [-0.3, -0.25) is 0 Å². The Bertz CT molecular complexity index is 857. The highest BCUT2D eigenvalue weighted by Crippen LogP contribution is 2.32. The fourth-order valence-corrected chi connectivity index (χ4v) is 2.23. The molecule has 0 saturated heterocycles. The molecule has 0 atom stereocenters. The molecular formula is C15H14N4O3. The molecule has 0 fully saturated rings. The van der Waals surface area contributed by atoms with Gasteiger partial charge in [0.25, 0.3) is 0 Å². The minimum absolute atomic E-state index is 0.290. The monoisotopic (exact) mass is 298 g/mol. The van der Waals surface area contributed by atoms with E-state index in [1.807, 2.05) is 6.07 Å². The number of esters is 1. The summed E-state index contributed by atoms with van der Waals surface area (Å²) in [4.78, 5) is 23.4. The van der Waals surface area contributed by atoms with Crippen LogP contribution in [-0.2, 0) is 4.74 Å². The highest BCUT2D eigenvalue weighted by atomic mass is 16.5. The molecule has 0 unspecified atom stereocenters. The van der Waals surface area contributed by atoms with Gasteiger partial charge in [-0.15, -0.1) is 0 Å². The highest BCUT2D eigenvalue weighted by molar-refractivity contribution is 5.96. The summed E-state index contributed by atoms with van der Waals surface area (Å²) in [6.07, 6.45) is 1.57. The molecule has 0 aliphatic heterocycles. The Morgan fingerprint density at radius 2 is 2.09 bits per heavy atom. The van der Waals surface area contributed by atoms with E-state index < -0.39 is 5.97 Å². The number of nitrogens with one attached hydrogen (secondary N) is 1. The van der Waals surface area contributed by atoms with Crippen LogP contribution >= 0.6 is 0 Å². The number of aromatic amines is 1. The summed E-state index contributed by atoms with van der Waals surface area (Å²) < 4.78 is 9.95. The molecule has 2 aromatic heterocycles. The first-order chi connectivity index (χ1) is 10.6.